The van der Waals surface area contributed by atoms with Crippen LogP contribution in [0.2, 0.25) is 0 Å². The van der Waals surface area contributed by atoms with Crippen molar-refractivity contribution in [3.63, 3.8) is 0 Å². The predicted molar refractivity (Wildman–Crippen MR) is 113 cm³/mol. The Bertz CT molecular complexity index is 796. The molecule has 2 unspecified atom stereocenters. The molecule has 1 aliphatic heterocycles. The van der Waals surface area contributed by atoms with Crippen LogP contribution in [-0.4, -0.2) is 35.8 Å². The minimum atomic E-state index is -0.718. The fraction of sp³-hybridized carbons (Fsp3) is 0.364. The van der Waals surface area contributed by atoms with E-state index in [1.807, 2.05) is 53.4 Å². The van der Waals surface area contributed by atoms with E-state index in [-0.39, 0.29) is 35.7 Å². The van der Waals surface area contributed by atoms with Crippen LogP contribution in [-0.2, 0) is 4.79 Å². The molecule has 0 saturated carbocycles. The number of likely N-dealkylation sites (tertiary alicyclic amines) is 1. The predicted octanol–water partition coefficient (Wildman–Crippen LogP) is 3.17. The fourth-order valence-electron chi connectivity index (χ4n) is 3.48. The Balaban J connectivity index is 0.00000280. The molecule has 1 heterocycles. The van der Waals surface area contributed by atoms with Crippen LogP contribution in [0.4, 0.5) is 0 Å². The van der Waals surface area contributed by atoms with Gasteiger partial charge in [0.1, 0.15) is 6.04 Å². The maximum atomic E-state index is 13.3. The van der Waals surface area contributed by atoms with Crippen molar-refractivity contribution in [2.45, 2.75) is 32.4 Å². The topological polar surface area (TPSA) is 75.4 Å². The van der Waals surface area contributed by atoms with E-state index in [1.165, 1.54) is 0 Å². The zero-order valence-electron chi connectivity index (χ0n) is 16.3. The van der Waals surface area contributed by atoms with Gasteiger partial charge < -0.3 is 16.0 Å². The van der Waals surface area contributed by atoms with Gasteiger partial charge in [0.25, 0.3) is 5.91 Å². The zero-order chi connectivity index (χ0) is 19.4. The average molecular weight is 402 g/mol. The van der Waals surface area contributed by atoms with Crippen LogP contribution in [0.3, 0.4) is 0 Å². The zero-order valence-corrected chi connectivity index (χ0v) is 17.1. The van der Waals surface area contributed by atoms with Crippen LogP contribution in [0.1, 0.15) is 42.2 Å². The molecule has 28 heavy (non-hydrogen) atoms. The van der Waals surface area contributed by atoms with Crippen molar-refractivity contribution in [2.75, 3.05) is 13.1 Å². The minimum absolute atomic E-state index is 0. The lowest BCUT2D eigenvalue weighted by molar-refractivity contribution is -0.136. The maximum absolute atomic E-state index is 13.3. The number of benzene rings is 2. The lowest BCUT2D eigenvalue weighted by atomic mass is 9.79. The van der Waals surface area contributed by atoms with Gasteiger partial charge in [-0.25, -0.2) is 0 Å². The number of nitrogens with one attached hydrogen (secondary N) is 1. The van der Waals surface area contributed by atoms with Gasteiger partial charge in [-0.1, -0.05) is 62.4 Å². The van der Waals surface area contributed by atoms with Gasteiger partial charge in [0, 0.05) is 24.7 Å². The van der Waals surface area contributed by atoms with Gasteiger partial charge in [-0.3, -0.25) is 9.59 Å². The normalized spacial score (nSPS) is 19.2. The summed E-state index contributed by atoms with van der Waals surface area (Å²) in [6.07, 6.45) is 0.757. The van der Waals surface area contributed by atoms with Crippen LogP contribution in [0.25, 0.3) is 0 Å². The van der Waals surface area contributed by atoms with Crippen LogP contribution in [0, 0.1) is 5.41 Å². The van der Waals surface area contributed by atoms with Crippen molar-refractivity contribution >= 4 is 24.2 Å². The largest absolute Gasteiger partial charge is 0.340 e. The van der Waals surface area contributed by atoms with Gasteiger partial charge in [-0.15, -0.1) is 12.4 Å². The number of piperidine rings is 1. The Labute approximate surface area is 172 Å². The van der Waals surface area contributed by atoms with E-state index in [1.54, 1.807) is 12.1 Å². The van der Waals surface area contributed by atoms with E-state index in [9.17, 15) is 9.59 Å². The molecule has 0 aromatic heterocycles. The van der Waals surface area contributed by atoms with Gasteiger partial charge >= 0.3 is 0 Å². The monoisotopic (exact) mass is 401 g/mol. The Hall–Kier alpha value is -2.37. The standard InChI is InChI=1S/C22H27N3O2.ClH/c1-22(2)15-25(14-13-18(22)23)21(27)19(16-9-5-3-6-10-16)24-20(26)17-11-7-4-8-12-17;/h3-12,18-19H,13-15,23H2,1-2H3,(H,24,26);1H. The van der Waals surface area contributed by atoms with Gasteiger partial charge in [-0.2, -0.15) is 0 Å². The third kappa shape index (κ3) is 4.91. The number of hydrogen-bond donors (Lipinski definition) is 2. The van der Waals surface area contributed by atoms with E-state index in [4.69, 9.17) is 5.73 Å². The smallest absolute Gasteiger partial charge is 0.252 e. The first-order valence-corrected chi connectivity index (χ1v) is 9.34. The second kappa shape index (κ2) is 9.22. The Morgan fingerprint density at radius 3 is 2.21 bits per heavy atom. The summed E-state index contributed by atoms with van der Waals surface area (Å²) in [4.78, 5) is 27.8. The van der Waals surface area contributed by atoms with Crippen molar-refractivity contribution < 1.29 is 9.59 Å². The summed E-state index contributed by atoms with van der Waals surface area (Å²) in [7, 11) is 0. The van der Waals surface area contributed by atoms with Crippen LogP contribution < -0.4 is 11.1 Å². The molecule has 0 aliphatic carbocycles. The SMILES string of the molecule is CC1(C)CN(C(=O)C(NC(=O)c2ccccc2)c2ccccc2)CCC1N.Cl. The third-order valence-corrected chi connectivity index (χ3v) is 5.32. The van der Waals surface area contributed by atoms with Crippen molar-refractivity contribution in [1.82, 2.24) is 10.2 Å². The van der Waals surface area contributed by atoms with Crippen molar-refractivity contribution in [3.8, 4) is 0 Å². The molecule has 2 aromatic rings. The second-order valence-electron chi connectivity index (χ2n) is 7.83. The van der Waals surface area contributed by atoms with E-state index >= 15 is 0 Å². The first-order valence-electron chi connectivity index (χ1n) is 9.34. The molecule has 6 heteroatoms. The number of rotatable bonds is 4. The molecule has 0 bridgehead atoms. The molecule has 0 spiro atoms. The highest BCUT2D eigenvalue weighted by atomic mass is 35.5. The lowest BCUT2D eigenvalue weighted by Crippen LogP contribution is -2.56. The molecule has 0 radical (unpaired) electrons. The molecule has 2 amide bonds. The minimum Gasteiger partial charge on any atom is -0.340 e. The highest BCUT2D eigenvalue weighted by Crippen LogP contribution is 2.29. The molecule has 2 aromatic carbocycles. The summed E-state index contributed by atoms with van der Waals surface area (Å²) in [6, 6.07) is 17.7. The molecule has 3 N–H and O–H groups in total. The molecule has 1 saturated heterocycles. The molecule has 1 fully saturated rings. The molecule has 1 aliphatic rings. The van der Waals surface area contributed by atoms with E-state index < -0.39 is 6.04 Å². The van der Waals surface area contributed by atoms with Crippen LogP contribution in [0.5, 0.6) is 0 Å². The Kier molecular flexibility index (Phi) is 7.22. The number of hydrogen-bond acceptors (Lipinski definition) is 3. The molecule has 3 rings (SSSR count). The number of nitrogens with two attached hydrogens (primary N) is 1. The lowest BCUT2D eigenvalue weighted by Gasteiger charge is -2.43. The average Bonchev–Trinajstić information content (AvgIpc) is 2.69. The van der Waals surface area contributed by atoms with Crippen molar-refractivity contribution in [1.29, 1.82) is 0 Å². The van der Waals surface area contributed by atoms with Crippen LogP contribution >= 0.6 is 12.4 Å². The van der Waals surface area contributed by atoms with Gasteiger partial charge in [0.2, 0.25) is 5.91 Å². The van der Waals surface area contributed by atoms with Crippen LogP contribution in [0.15, 0.2) is 60.7 Å². The molecular weight excluding hydrogens is 374 g/mol. The first-order chi connectivity index (χ1) is 12.9. The van der Waals surface area contributed by atoms with Gasteiger partial charge in [0.05, 0.1) is 0 Å². The molecule has 5 nitrogen and oxygen atoms in total. The first kappa shape index (κ1) is 21.9. The molecule has 2 atom stereocenters. The summed E-state index contributed by atoms with van der Waals surface area (Å²) in [5.41, 5.74) is 7.37. The quantitative estimate of drug-likeness (QED) is 0.826. The fourth-order valence-corrected chi connectivity index (χ4v) is 3.48. The van der Waals surface area contributed by atoms with E-state index in [0.29, 0.717) is 18.7 Å². The number of amides is 2. The number of nitrogens with zero attached hydrogens (tertiary/aromatic N) is 1. The third-order valence-electron chi connectivity index (χ3n) is 5.32. The number of halogens is 1. The molecular formula is C22H28ClN3O2. The Morgan fingerprint density at radius 2 is 1.64 bits per heavy atom. The van der Waals surface area contributed by atoms with Gasteiger partial charge in [0.15, 0.2) is 0 Å². The number of carbonyl (C=O) groups is 2. The van der Waals surface area contributed by atoms with Crippen molar-refractivity contribution in [2.24, 2.45) is 11.1 Å². The number of carbonyl (C=O) groups excluding carboxylic acids is 2. The highest BCUT2D eigenvalue weighted by molar-refractivity contribution is 5.97. The summed E-state index contributed by atoms with van der Waals surface area (Å²) in [5.74, 6) is -0.351. The Morgan fingerprint density at radius 1 is 1.07 bits per heavy atom. The highest BCUT2D eigenvalue weighted by Gasteiger charge is 2.38. The summed E-state index contributed by atoms with van der Waals surface area (Å²) in [6.45, 7) is 5.35. The second-order valence-corrected chi connectivity index (χ2v) is 7.83. The van der Waals surface area contributed by atoms with Gasteiger partial charge in [-0.05, 0) is 29.5 Å². The summed E-state index contributed by atoms with van der Waals surface area (Å²) in [5, 5.41) is 2.92. The summed E-state index contributed by atoms with van der Waals surface area (Å²) < 4.78 is 0. The maximum Gasteiger partial charge on any atom is 0.252 e. The van der Waals surface area contributed by atoms with E-state index in [2.05, 4.69) is 19.2 Å². The molecule has 150 valence electrons. The van der Waals surface area contributed by atoms with Crippen molar-refractivity contribution in [3.05, 3.63) is 71.8 Å². The summed E-state index contributed by atoms with van der Waals surface area (Å²) >= 11 is 0. The van der Waals surface area contributed by atoms with E-state index in [0.717, 1.165) is 12.0 Å².